The van der Waals surface area contributed by atoms with Crippen LogP contribution in [0.4, 0.5) is 4.79 Å². The summed E-state index contributed by atoms with van der Waals surface area (Å²) in [5.41, 5.74) is -0.431. The molecule has 0 aromatic rings. The van der Waals surface area contributed by atoms with Crippen LogP contribution in [0.3, 0.4) is 0 Å². The molecule has 2 N–H and O–H groups in total. The molecule has 0 bridgehead atoms. The van der Waals surface area contributed by atoms with Crippen molar-refractivity contribution in [1.29, 1.82) is 0 Å². The lowest BCUT2D eigenvalue weighted by molar-refractivity contribution is 0.0439. The zero-order valence-corrected chi connectivity index (χ0v) is 13.1. The number of rotatable bonds is 4. The van der Waals surface area contributed by atoms with E-state index >= 15 is 0 Å². The van der Waals surface area contributed by atoms with Crippen LogP contribution in [0, 0.1) is 0 Å². The zero-order chi connectivity index (χ0) is 14.8. The first-order valence-corrected chi connectivity index (χ1v) is 7.70. The summed E-state index contributed by atoms with van der Waals surface area (Å²) in [7, 11) is 0. The third-order valence-corrected chi connectivity index (χ3v) is 3.88. The molecule has 2 aliphatic rings. The Kier molecular flexibility index (Phi) is 4.91. The van der Waals surface area contributed by atoms with Crippen molar-refractivity contribution in [3.63, 3.8) is 0 Å². The second-order valence-electron chi connectivity index (χ2n) is 7.02. The summed E-state index contributed by atoms with van der Waals surface area (Å²) in [5, 5.41) is 6.51. The normalized spacial score (nSPS) is 31.5. The molecular formula is C15H28N2O3. The highest BCUT2D eigenvalue weighted by Gasteiger charge is 2.34. The lowest BCUT2D eigenvalue weighted by Crippen LogP contribution is -2.56. The average Bonchev–Trinajstić information content (AvgIpc) is 2.76. The first-order valence-electron chi connectivity index (χ1n) is 7.70. The second kappa shape index (κ2) is 6.31. The van der Waals surface area contributed by atoms with Gasteiger partial charge in [0.1, 0.15) is 5.60 Å². The van der Waals surface area contributed by atoms with Crippen molar-refractivity contribution in [2.24, 2.45) is 0 Å². The molecule has 1 saturated heterocycles. The largest absolute Gasteiger partial charge is 0.444 e. The Balaban J connectivity index is 1.61. The molecule has 2 unspecified atom stereocenters. The van der Waals surface area contributed by atoms with Gasteiger partial charge in [-0.15, -0.1) is 0 Å². The zero-order valence-electron chi connectivity index (χ0n) is 13.1. The maximum atomic E-state index is 11.6. The van der Waals surface area contributed by atoms with E-state index in [2.05, 4.69) is 17.6 Å². The van der Waals surface area contributed by atoms with Crippen LogP contribution in [-0.4, -0.2) is 42.5 Å². The van der Waals surface area contributed by atoms with Gasteiger partial charge in [-0.25, -0.2) is 4.79 Å². The van der Waals surface area contributed by atoms with Crippen LogP contribution in [0.2, 0.25) is 0 Å². The van der Waals surface area contributed by atoms with Gasteiger partial charge in [-0.3, -0.25) is 0 Å². The van der Waals surface area contributed by atoms with Crippen molar-refractivity contribution < 1.29 is 14.3 Å². The predicted octanol–water partition coefficient (Wildman–Crippen LogP) is 2.20. The lowest BCUT2D eigenvalue weighted by atomic mass is 9.86. The SMILES string of the molecule is CC(NC1CC(NC(=O)OC(C)(C)C)C1)C1CCCO1. The van der Waals surface area contributed by atoms with E-state index in [-0.39, 0.29) is 12.1 Å². The molecule has 0 radical (unpaired) electrons. The van der Waals surface area contributed by atoms with Gasteiger partial charge in [0.15, 0.2) is 0 Å². The van der Waals surface area contributed by atoms with E-state index in [4.69, 9.17) is 9.47 Å². The standard InChI is InChI=1S/C15H28N2O3/c1-10(13-6-5-7-19-13)16-11-8-12(9-11)17-14(18)20-15(2,3)4/h10-13,16H,5-9H2,1-4H3,(H,17,18). The molecule has 0 aromatic heterocycles. The van der Waals surface area contributed by atoms with Gasteiger partial charge >= 0.3 is 6.09 Å². The van der Waals surface area contributed by atoms with E-state index in [0.717, 1.165) is 25.9 Å². The van der Waals surface area contributed by atoms with Crippen molar-refractivity contribution in [3.05, 3.63) is 0 Å². The molecule has 20 heavy (non-hydrogen) atoms. The topological polar surface area (TPSA) is 59.6 Å². The molecule has 5 heteroatoms. The van der Waals surface area contributed by atoms with E-state index in [9.17, 15) is 4.79 Å². The molecule has 1 saturated carbocycles. The monoisotopic (exact) mass is 284 g/mol. The Morgan fingerprint density at radius 2 is 2.00 bits per heavy atom. The predicted molar refractivity (Wildman–Crippen MR) is 77.8 cm³/mol. The number of amides is 1. The Labute approximate surface area is 121 Å². The fourth-order valence-corrected chi connectivity index (χ4v) is 2.82. The molecule has 1 amide bonds. The minimum Gasteiger partial charge on any atom is -0.444 e. The lowest BCUT2D eigenvalue weighted by Gasteiger charge is -2.39. The Morgan fingerprint density at radius 3 is 2.55 bits per heavy atom. The minimum absolute atomic E-state index is 0.235. The van der Waals surface area contributed by atoms with E-state index in [1.807, 2.05) is 20.8 Å². The Bertz CT molecular complexity index is 329. The molecule has 1 aliphatic carbocycles. The molecule has 0 spiro atoms. The summed E-state index contributed by atoms with van der Waals surface area (Å²) in [5.74, 6) is 0. The van der Waals surface area contributed by atoms with Crippen LogP contribution in [0.5, 0.6) is 0 Å². The smallest absolute Gasteiger partial charge is 0.407 e. The molecule has 116 valence electrons. The third-order valence-electron chi connectivity index (χ3n) is 3.88. The number of nitrogens with one attached hydrogen (secondary N) is 2. The quantitative estimate of drug-likeness (QED) is 0.831. The van der Waals surface area contributed by atoms with Crippen molar-refractivity contribution in [2.45, 2.75) is 83.2 Å². The van der Waals surface area contributed by atoms with Crippen LogP contribution in [0.25, 0.3) is 0 Å². The van der Waals surface area contributed by atoms with Gasteiger partial charge in [0.25, 0.3) is 0 Å². The number of alkyl carbamates (subject to hydrolysis) is 1. The van der Waals surface area contributed by atoms with Gasteiger partial charge in [-0.1, -0.05) is 0 Å². The van der Waals surface area contributed by atoms with Gasteiger partial charge in [0, 0.05) is 24.7 Å². The fourth-order valence-electron chi connectivity index (χ4n) is 2.82. The number of carbonyl (C=O) groups excluding carboxylic acids is 1. The highest BCUT2D eigenvalue weighted by Crippen LogP contribution is 2.23. The summed E-state index contributed by atoms with van der Waals surface area (Å²) in [4.78, 5) is 11.6. The molecule has 1 aliphatic heterocycles. The Morgan fingerprint density at radius 1 is 1.30 bits per heavy atom. The van der Waals surface area contributed by atoms with Gasteiger partial charge in [0.2, 0.25) is 0 Å². The summed E-state index contributed by atoms with van der Waals surface area (Å²) in [6, 6.07) is 1.11. The molecule has 5 nitrogen and oxygen atoms in total. The summed E-state index contributed by atoms with van der Waals surface area (Å²) in [6.07, 6.45) is 4.30. The van der Waals surface area contributed by atoms with E-state index in [1.165, 1.54) is 6.42 Å². The third kappa shape index (κ3) is 4.63. The first kappa shape index (κ1) is 15.6. The van der Waals surface area contributed by atoms with E-state index < -0.39 is 5.60 Å². The van der Waals surface area contributed by atoms with Gasteiger partial charge in [-0.2, -0.15) is 0 Å². The van der Waals surface area contributed by atoms with Crippen molar-refractivity contribution >= 4 is 6.09 Å². The van der Waals surface area contributed by atoms with Gasteiger partial charge in [0.05, 0.1) is 6.10 Å². The number of hydrogen-bond acceptors (Lipinski definition) is 4. The summed E-state index contributed by atoms with van der Waals surface area (Å²) in [6.45, 7) is 8.71. The van der Waals surface area contributed by atoms with Crippen LogP contribution in [0.15, 0.2) is 0 Å². The van der Waals surface area contributed by atoms with Crippen LogP contribution >= 0.6 is 0 Å². The van der Waals surface area contributed by atoms with Crippen LogP contribution < -0.4 is 10.6 Å². The minimum atomic E-state index is -0.431. The van der Waals surface area contributed by atoms with Gasteiger partial charge in [-0.05, 0) is 53.4 Å². The second-order valence-corrected chi connectivity index (χ2v) is 7.02. The number of ether oxygens (including phenoxy) is 2. The first-order chi connectivity index (χ1) is 9.33. The molecule has 0 aromatic carbocycles. The molecule has 2 rings (SSSR count). The number of carbonyl (C=O) groups is 1. The van der Waals surface area contributed by atoms with E-state index in [1.54, 1.807) is 0 Å². The van der Waals surface area contributed by atoms with E-state index in [0.29, 0.717) is 18.2 Å². The molecular weight excluding hydrogens is 256 g/mol. The maximum Gasteiger partial charge on any atom is 0.407 e. The fraction of sp³-hybridized carbons (Fsp3) is 0.933. The highest BCUT2D eigenvalue weighted by atomic mass is 16.6. The van der Waals surface area contributed by atoms with Gasteiger partial charge < -0.3 is 20.1 Å². The molecule has 2 fully saturated rings. The van der Waals surface area contributed by atoms with Crippen molar-refractivity contribution in [3.8, 4) is 0 Å². The van der Waals surface area contributed by atoms with Crippen LogP contribution in [0.1, 0.15) is 53.4 Å². The molecule has 1 heterocycles. The van der Waals surface area contributed by atoms with Crippen molar-refractivity contribution in [1.82, 2.24) is 10.6 Å². The summed E-state index contributed by atoms with van der Waals surface area (Å²) < 4.78 is 10.9. The summed E-state index contributed by atoms with van der Waals surface area (Å²) >= 11 is 0. The maximum absolute atomic E-state index is 11.6. The highest BCUT2D eigenvalue weighted by molar-refractivity contribution is 5.68. The molecule has 2 atom stereocenters. The number of hydrogen-bond donors (Lipinski definition) is 2. The Hall–Kier alpha value is -0.810. The van der Waals surface area contributed by atoms with Crippen molar-refractivity contribution in [2.75, 3.05) is 6.61 Å². The average molecular weight is 284 g/mol. The van der Waals surface area contributed by atoms with Crippen LogP contribution in [-0.2, 0) is 9.47 Å².